The third kappa shape index (κ3) is 3.45. The summed E-state index contributed by atoms with van der Waals surface area (Å²) in [4.78, 5) is 27.7. The Kier molecular flexibility index (Phi) is 4.63. The van der Waals surface area contributed by atoms with Gasteiger partial charge in [0.15, 0.2) is 5.58 Å². The summed E-state index contributed by atoms with van der Waals surface area (Å²) in [6.45, 7) is 1.60. The molecule has 0 aliphatic rings. The smallest absolute Gasteiger partial charge is 0.272 e. The van der Waals surface area contributed by atoms with Crippen LogP contribution in [0.5, 0.6) is 0 Å². The number of rotatable bonds is 4. The number of hydrogen-bond acceptors (Lipinski definition) is 5. The summed E-state index contributed by atoms with van der Waals surface area (Å²) in [7, 11) is 0. The number of aromatic nitrogens is 1. The van der Waals surface area contributed by atoms with Crippen LogP contribution in [0.1, 0.15) is 15.9 Å². The molecule has 1 aromatic heterocycles. The fourth-order valence-electron chi connectivity index (χ4n) is 3.69. The van der Waals surface area contributed by atoms with Crippen molar-refractivity contribution in [1.29, 1.82) is 0 Å². The van der Waals surface area contributed by atoms with Gasteiger partial charge in [-0.05, 0) is 54.8 Å². The van der Waals surface area contributed by atoms with Crippen molar-refractivity contribution in [2.24, 2.45) is 0 Å². The van der Waals surface area contributed by atoms with Gasteiger partial charge in [0.2, 0.25) is 5.89 Å². The first-order valence-electron chi connectivity index (χ1n) is 9.95. The molecule has 5 rings (SSSR count). The number of aryl methyl sites for hydroxylation is 1. The molecule has 0 spiro atoms. The second-order valence-corrected chi connectivity index (χ2v) is 7.44. The predicted octanol–water partition coefficient (Wildman–Crippen LogP) is 6.12. The highest BCUT2D eigenvalue weighted by molar-refractivity contribution is 6.05. The van der Waals surface area contributed by atoms with Crippen molar-refractivity contribution < 1.29 is 14.1 Å². The zero-order valence-corrected chi connectivity index (χ0v) is 17.0. The van der Waals surface area contributed by atoms with Crippen molar-refractivity contribution in [1.82, 2.24) is 4.98 Å². The standard InChI is InChI=1S/C25H17N3O4/c1-15-14-18(8-12-21(15)28(30)31)24(29)26-19-10-6-17(7-11-19)25-27-23-20-5-3-2-4-16(20)9-13-22(23)32-25/h2-14H,1H3,(H,26,29). The summed E-state index contributed by atoms with van der Waals surface area (Å²) in [6.07, 6.45) is 0. The topological polar surface area (TPSA) is 98.3 Å². The van der Waals surface area contributed by atoms with Gasteiger partial charge in [-0.3, -0.25) is 14.9 Å². The van der Waals surface area contributed by atoms with Crippen LogP contribution in [-0.2, 0) is 0 Å². The molecule has 0 bridgehead atoms. The number of hydrogen-bond donors (Lipinski definition) is 1. The molecule has 0 fully saturated rings. The monoisotopic (exact) mass is 423 g/mol. The van der Waals surface area contributed by atoms with E-state index in [2.05, 4.69) is 10.3 Å². The average Bonchev–Trinajstić information content (AvgIpc) is 3.24. The number of benzene rings is 4. The van der Waals surface area contributed by atoms with Gasteiger partial charge in [-0.1, -0.05) is 30.3 Å². The average molecular weight is 423 g/mol. The Balaban J connectivity index is 1.38. The molecule has 0 unspecified atom stereocenters. The van der Waals surface area contributed by atoms with Gasteiger partial charge in [-0.2, -0.15) is 0 Å². The number of nitrogens with zero attached hydrogens (tertiary/aromatic N) is 2. The Bertz CT molecular complexity index is 1500. The first-order chi connectivity index (χ1) is 15.5. The third-order valence-corrected chi connectivity index (χ3v) is 5.33. The summed E-state index contributed by atoms with van der Waals surface area (Å²) >= 11 is 0. The quantitative estimate of drug-likeness (QED) is 0.277. The second-order valence-electron chi connectivity index (χ2n) is 7.44. The molecule has 7 heteroatoms. The molecular weight excluding hydrogens is 406 g/mol. The van der Waals surface area contributed by atoms with Crippen LogP contribution in [0.25, 0.3) is 33.3 Å². The van der Waals surface area contributed by atoms with Gasteiger partial charge in [0.05, 0.1) is 4.92 Å². The van der Waals surface area contributed by atoms with Gasteiger partial charge in [-0.25, -0.2) is 4.98 Å². The Morgan fingerprint density at radius 2 is 1.78 bits per heavy atom. The van der Waals surface area contributed by atoms with E-state index in [-0.39, 0.29) is 11.6 Å². The number of anilines is 1. The number of carbonyl (C=O) groups is 1. The van der Waals surface area contributed by atoms with Crippen LogP contribution < -0.4 is 5.32 Å². The molecule has 5 aromatic rings. The summed E-state index contributed by atoms with van der Waals surface area (Å²) in [6, 6.07) is 23.4. The van der Waals surface area contributed by atoms with Crippen molar-refractivity contribution in [2.75, 3.05) is 5.32 Å². The molecule has 1 amide bonds. The molecular formula is C25H17N3O4. The minimum absolute atomic E-state index is 0.0167. The lowest BCUT2D eigenvalue weighted by Gasteiger charge is -2.07. The van der Waals surface area contributed by atoms with Gasteiger partial charge in [0.25, 0.3) is 11.6 Å². The summed E-state index contributed by atoms with van der Waals surface area (Å²) < 4.78 is 5.94. The van der Waals surface area contributed by atoms with E-state index in [9.17, 15) is 14.9 Å². The molecule has 0 radical (unpaired) electrons. The van der Waals surface area contributed by atoms with E-state index < -0.39 is 4.92 Å². The highest BCUT2D eigenvalue weighted by Crippen LogP contribution is 2.30. The fraction of sp³-hybridized carbons (Fsp3) is 0.0400. The van der Waals surface area contributed by atoms with Crippen molar-refractivity contribution in [2.45, 2.75) is 6.92 Å². The molecule has 0 atom stereocenters. The molecule has 0 saturated carbocycles. The predicted molar refractivity (Wildman–Crippen MR) is 123 cm³/mol. The van der Waals surface area contributed by atoms with Gasteiger partial charge < -0.3 is 9.73 Å². The molecule has 156 valence electrons. The molecule has 0 saturated heterocycles. The zero-order chi connectivity index (χ0) is 22.2. The Hall–Kier alpha value is -4.52. The lowest BCUT2D eigenvalue weighted by Crippen LogP contribution is -2.12. The normalized spacial score (nSPS) is 11.0. The summed E-state index contributed by atoms with van der Waals surface area (Å²) in [5.41, 5.74) is 3.67. The molecule has 7 nitrogen and oxygen atoms in total. The van der Waals surface area contributed by atoms with E-state index in [1.807, 2.05) is 48.5 Å². The lowest BCUT2D eigenvalue weighted by atomic mass is 10.1. The highest BCUT2D eigenvalue weighted by atomic mass is 16.6. The van der Waals surface area contributed by atoms with Crippen molar-refractivity contribution in [3.05, 3.63) is 100 Å². The van der Waals surface area contributed by atoms with Gasteiger partial charge in [-0.15, -0.1) is 0 Å². The number of nitrogens with one attached hydrogen (secondary N) is 1. The van der Waals surface area contributed by atoms with Gasteiger partial charge in [0, 0.05) is 33.8 Å². The third-order valence-electron chi connectivity index (χ3n) is 5.33. The lowest BCUT2D eigenvalue weighted by molar-refractivity contribution is -0.385. The molecule has 0 aliphatic heterocycles. The van der Waals surface area contributed by atoms with Crippen LogP contribution in [0.15, 0.2) is 83.3 Å². The fourth-order valence-corrected chi connectivity index (χ4v) is 3.69. The number of fused-ring (bicyclic) bond motifs is 3. The van der Waals surface area contributed by atoms with Crippen LogP contribution in [0.2, 0.25) is 0 Å². The van der Waals surface area contributed by atoms with E-state index in [0.29, 0.717) is 28.3 Å². The largest absolute Gasteiger partial charge is 0.436 e. The number of oxazole rings is 1. The molecule has 0 aliphatic carbocycles. The van der Waals surface area contributed by atoms with Crippen LogP contribution in [0, 0.1) is 17.0 Å². The van der Waals surface area contributed by atoms with E-state index in [4.69, 9.17) is 4.42 Å². The Labute approximate surface area is 182 Å². The van der Waals surface area contributed by atoms with Gasteiger partial charge >= 0.3 is 0 Å². The van der Waals surface area contributed by atoms with Crippen LogP contribution >= 0.6 is 0 Å². The van der Waals surface area contributed by atoms with E-state index in [0.717, 1.165) is 21.9 Å². The van der Waals surface area contributed by atoms with Crippen LogP contribution in [0.4, 0.5) is 11.4 Å². The summed E-state index contributed by atoms with van der Waals surface area (Å²) in [5.74, 6) is 0.157. The Morgan fingerprint density at radius 3 is 2.53 bits per heavy atom. The van der Waals surface area contributed by atoms with E-state index >= 15 is 0 Å². The maximum Gasteiger partial charge on any atom is 0.272 e. The second kappa shape index (κ2) is 7.63. The maximum atomic E-state index is 12.5. The SMILES string of the molecule is Cc1cc(C(=O)Nc2ccc(-c3nc4c(ccc5ccccc54)o3)cc2)ccc1[N+](=O)[O-]. The van der Waals surface area contributed by atoms with Crippen LogP contribution in [-0.4, -0.2) is 15.8 Å². The van der Waals surface area contributed by atoms with Crippen LogP contribution in [0.3, 0.4) is 0 Å². The molecule has 1 heterocycles. The number of nitro groups is 1. The maximum absolute atomic E-state index is 12.5. The highest BCUT2D eigenvalue weighted by Gasteiger charge is 2.15. The van der Waals surface area contributed by atoms with Gasteiger partial charge in [0.1, 0.15) is 5.52 Å². The van der Waals surface area contributed by atoms with Crippen molar-refractivity contribution in [3.63, 3.8) is 0 Å². The number of amides is 1. The molecule has 32 heavy (non-hydrogen) atoms. The zero-order valence-electron chi connectivity index (χ0n) is 17.0. The minimum Gasteiger partial charge on any atom is -0.436 e. The number of carbonyl (C=O) groups excluding carboxylic acids is 1. The van der Waals surface area contributed by atoms with E-state index in [1.54, 1.807) is 19.1 Å². The van der Waals surface area contributed by atoms with Crippen molar-refractivity contribution in [3.8, 4) is 11.5 Å². The summed E-state index contributed by atoms with van der Waals surface area (Å²) in [5, 5.41) is 15.9. The first-order valence-corrected chi connectivity index (χ1v) is 9.95. The minimum atomic E-state index is -0.468. The first kappa shape index (κ1) is 19.4. The molecule has 1 N–H and O–H groups in total. The Morgan fingerprint density at radius 1 is 1.00 bits per heavy atom. The number of nitro benzene ring substituents is 1. The molecule has 4 aromatic carbocycles. The van der Waals surface area contributed by atoms with Crippen molar-refractivity contribution >= 4 is 39.2 Å². The van der Waals surface area contributed by atoms with E-state index in [1.165, 1.54) is 18.2 Å².